The first-order chi connectivity index (χ1) is 12.5. The van der Waals surface area contributed by atoms with Gasteiger partial charge in [0.15, 0.2) is 5.96 Å². The van der Waals surface area contributed by atoms with Gasteiger partial charge >= 0.3 is 0 Å². The van der Waals surface area contributed by atoms with Gasteiger partial charge in [-0.3, -0.25) is 9.89 Å². The quantitative estimate of drug-likeness (QED) is 0.313. The highest BCUT2D eigenvalue weighted by Gasteiger charge is 2.25. The van der Waals surface area contributed by atoms with E-state index in [0.717, 1.165) is 50.2 Å². The molecular formula is C20H37IN4O2. The molecule has 0 amide bonds. The van der Waals surface area contributed by atoms with Crippen molar-refractivity contribution in [2.45, 2.75) is 59.0 Å². The number of hydrogen-bond acceptors (Lipinski definition) is 4. The molecule has 0 aliphatic carbocycles. The lowest BCUT2D eigenvalue weighted by atomic mass is 10.0. The molecule has 1 aliphatic rings. The molecule has 1 fully saturated rings. The van der Waals surface area contributed by atoms with E-state index >= 15 is 0 Å². The second-order valence-corrected chi connectivity index (χ2v) is 7.71. The zero-order valence-corrected chi connectivity index (χ0v) is 19.6. The normalized spacial score (nSPS) is 18.2. The number of aryl methyl sites for hydroxylation is 1. The van der Waals surface area contributed by atoms with Crippen molar-refractivity contribution in [2.24, 2.45) is 16.6 Å². The minimum absolute atomic E-state index is 0. The highest BCUT2D eigenvalue weighted by molar-refractivity contribution is 14.0. The predicted molar refractivity (Wildman–Crippen MR) is 122 cm³/mol. The fourth-order valence-electron chi connectivity index (χ4n) is 3.29. The fourth-order valence-corrected chi connectivity index (χ4v) is 3.29. The first-order valence-corrected chi connectivity index (χ1v) is 9.90. The molecule has 7 heteroatoms. The third-order valence-electron chi connectivity index (χ3n) is 4.82. The lowest BCUT2D eigenvalue weighted by molar-refractivity contribution is 0.0135. The number of aliphatic imine (C=N–C) groups is 1. The Morgan fingerprint density at radius 3 is 2.52 bits per heavy atom. The van der Waals surface area contributed by atoms with Gasteiger partial charge in [-0.25, -0.2) is 0 Å². The van der Waals surface area contributed by atoms with Crippen LogP contribution in [0.15, 0.2) is 21.5 Å². The summed E-state index contributed by atoms with van der Waals surface area (Å²) in [5.41, 5.74) is 6.13. The summed E-state index contributed by atoms with van der Waals surface area (Å²) in [7, 11) is 0. The van der Waals surface area contributed by atoms with Gasteiger partial charge in [0, 0.05) is 19.1 Å². The lowest BCUT2D eigenvalue weighted by Crippen LogP contribution is -2.42. The molecule has 2 rings (SSSR count). The standard InChI is InChI=1S/C20H36N4O2.HI/c1-15(2)6-5-7-16(3)23-20(21)22-14-18(19-9-8-17(4)26-19)24-10-12-25-13-11-24;/h8-9,15-16,18H,5-7,10-14H2,1-4H3,(H3,21,22,23);1H. The predicted octanol–water partition coefficient (Wildman–Crippen LogP) is 3.70. The van der Waals surface area contributed by atoms with Gasteiger partial charge in [-0.1, -0.05) is 26.7 Å². The molecule has 3 N–H and O–H groups in total. The SMILES string of the molecule is Cc1ccc(C(CN=C(N)NC(C)CCCC(C)C)N2CCOCC2)o1.I. The molecule has 0 saturated carbocycles. The molecule has 0 spiro atoms. The van der Waals surface area contributed by atoms with Crippen molar-refractivity contribution in [3.8, 4) is 0 Å². The maximum Gasteiger partial charge on any atom is 0.188 e. The zero-order valence-electron chi connectivity index (χ0n) is 17.2. The number of furan rings is 1. The van der Waals surface area contributed by atoms with Gasteiger partial charge in [0.2, 0.25) is 0 Å². The van der Waals surface area contributed by atoms with E-state index in [2.05, 4.69) is 36.0 Å². The van der Waals surface area contributed by atoms with Gasteiger partial charge in [-0.05, 0) is 38.3 Å². The van der Waals surface area contributed by atoms with Crippen molar-refractivity contribution in [2.75, 3.05) is 32.8 Å². The first-order valence-electron chi connectivity index (χ1n) is 9.90. The Hall–Kier alpha value is -0.800. The highest BCUT2D eigenvalue weighted by Crippen LogP contribution is 2.24. The number of rotatable bonds is 9. The average Bonchev–Trinajstić information content (AvgIpc) is 3.02. The van der Waals surface area contributed by atoms with Crippen molar-refractivity contribution in [3.05, 3.63) is 23.7 Å². The van der Waals surface area contributed by atoms with E-state index in [1.54, 1.807) is 0 Å². The van der Waals surface area contributed by atoms with Crippen LogP contribution in [0.4, 0.5) is 0 Å². The van der Waals surface area contributed by atoms with Crippen LogP contribution >= 0.6 is 24.0 Å². The molecule has 0 radical (unpaired) electrons. The Morgan fingerprint density at radius 2 is 1.93 bits per heavy atom. The van der Waals surface area contributed by atoms with Gasteiger partial charge < -0.3 is 20.2 Å². The molecule has 2 atom stereocenters. The number of hydrogen-bond donors (Lipinski definition) is 2. The lowest BCUT2D eigenvalue weighted by Gasteiger charge is -2.32. The summed E-state index contributed by atoms with van der Waals surface area (Å²) < 4.78 is 11.4. The monoisotopic (exact) mass is 492 g/mol. The third kappa shape index (κ3) is 8.83. The van der Waals surface area contributed by atoms with Crippen LogP contribution in [0.25, 0.3) is 0 Å². The molecule has 0 bridgehead atoms. The second-order valence-electron chi connectivity index (χ2n) is 7.71. The highest BCUT2D eigenvalue weighted by atomic mass is 127. The maximum atomic E-state index is 6.13. The van der Waals surface area contributed by atoms with E-state index in [4.69, 9.17) is 14.9 Å². The zero-order chi connectivity index (χ0) is 18.9. The summed E-state index contributed by atoms with van der Waals surface area (Å²) in [5, 5.41) is 3.32. The first kappa shape index (κ1) is 24.2. The second kappa shape index (κ2) is 12.6. The molecule has 1 aliphatic heterocycles. The summed E-state index contributed by atoms with van der Waals surface area (Å²) in [5.74, 6) is 3.14. The number of morpholine rings is 1. The maximum absolute atomic E-state index is 6.13. The van der Waals surface area contributed by atoms with E-state index in [1.165, 1.54) is 12.8 Å². The van der Waals surface area contributed by atoms with Gasteiger partial charge in [0.25, 0.3) is 0 Å². The molecule has 2 unspecified atom stereocenters. The Morgan fingerprint density at radius 1 is 1.22 bits per heavy atom. The van der Waals surface area contributed by atoms with Crippen LogP contribution in [-0.4, -0.2) is 49.7 Å². The van der Waals surface area contributed by atoms with Crippen molar-refractivity contribution in [1.82, 2.24) is 10.2 Å². The van der Waals surface area contributed by atoms with E-state index in [1.807, 2.05) is 19.1 Å². The van der Waals surface area contributed by atoms with Crippen LogP contribution in [0, 0.1) is 12.8 Å². The van der Waals surface area contributed by atoms with Crippen LogP contribution in [0.1, 0.15) is 57.6 Å². The number of nitrogens with one attached hydrogen (secondary N) is 1. The molecule has 0 aromatic carbocycles. The van der Waals surface area contributed by atoms with Crippen molar-refractivity contribution in [3.63, 3.8) is 0 Å². The minimum Gasteiger partial charge on any atom is -0.465 e. The van der Waals surface area contributed by atoms with Gasteiger partial charge in [-0.2, -0.15) is 0 Å². The van der Waals surface area contributed by atoms with Crippen LogP contribution in [0.3, 0.4) is 0 Å². The average molecular weight is 492 g/mol. The third-order valence-corrected chi connectivity index (χ3v) is 4.82. The molecule has 1 aromatic heterocycles. The summed E-state index contributed by atoms with van der Waals surface area (Å²) in [6, 6.07) is 4.49. The molecule has 2 heterocycles. The number of nitrogens with zero attached hydrogens (tertiary/aromatic N) is 2. The van der Waals surface area contributed by atoms with E-state index < -0.39 is 0 Å². The molecule has 6 nitrogen and oxygen atoms in total. The Kier molecular flexibility index (Phi) is 11.3. The van der Waals surface area contributed by atoms with E-state index in [0.29, 0.717) is 18.5 Å². The topological polar surface area (TPSA) is 76.0 Å². The summed E-state index contributed by atoms with van der Waals surface area (Å²) in [4.78, 5) is 6.98. The summed E-state index contributed by atoms with van der Waals surface area (Å²) >= 11 is 0. The Bertz CT molecular complexity index is 556. The smallest absolute Gasteiger partial charge is 0.188 e. The molecular weight excluding hydrogens is 455 g/mol. The van der Waals surface area contributed by atoms with E-state index in [-0.39, 0.29) is 30.0 Å². The van der Waals surface area contributed by atoms with Crippen molar-refractivity contribution in [1.29, 1.82) is 0 Å². The molecule has 156 valence electrons. The number of ether oxygens (including phenoxy) is 1. The van der Waals surface area contributed by atoms with Crippen LogP contribution in [0.2, 0.25) is 0 Å². The van der Waals surface area contributed by atoms with Crippen LogP contribution in [0.5, 0.6) is 0 Å². The Labute approximate surface area is 181 Å². The fraction of sp³-hybridized carbons (Fsp3) is 0.750. The molecule has 27 heavy (non-hydrogen) atoms. The number of nitrogens with two attached hydrogens (primary N) is 1. The number of halogens is 1. The summed E-state index contributed by atoms with van der Waals surface area (Å²) in [6.07, 6.45) is 3.57. The van der Waals surface area contributed by atoms with Gasteiger partial charge in [-0.15, -0.1) is 24.0 Å². The summed E-state index contributed by atoms with van der Waals surface area (Å²) in [6.45, 7) is 12.5. The molecule has 1 aromatic rings. The van der Waals surface area contributed by atoms with Crippen molar-refractivity contribution < 1.29 is 9.15 Å². The minimum atomic E-state index is 0. The van der Waals surface area contributed by atoms with Crippen molar-refractivity contribution >= 4 is 29.9 Å². The van der Waals surface area contributed by atoms with Crippen LogP contribution < -0.4 is 11.1 Å². The molecule has 1 saturated heterocycles. The number of guanidine groups is 1. The van der Waals surface area contributed by atoms with Crippen LogP contribution in [-0.2, 0) is 4.74 Å². The van der Waals surface area contributed by atoms with E-state index in [9.17, 15) is 0 Å². The Balaban J connectivity index is 0.00000364. The van der Waals surface area contributed by atoms with Gasteiger partial charge in [0.1, 0.15) is 11.5 Å². The van der Waals surface area contributed by atoms with Gasteiger partial charge in [0.05, 0.1) is 25.8 Å². The largest absolute Gasteiger partial charge is 0.465 e.